The Kier molecular flexibility index (Phi) is 6.19. The number of hydrogen-bond acceptors (Lipinski definition) is 1. The van der Waals surface area contributed by atoms with Gasteiger partial charge in [0.05, 0.1) is 0 Å². The standard InChI is InChI=1S/C26H33NSi2/c1-28(24-15-7-3-8-16-24,23-27-21-13-6-14-22-27)29(2,25-17-9-4-10-18-25)26-19-11-5-12-20-26/h3-5,7-12,15-20H,6,13-14,21-23H2,1-2H3. The highest BCUT2D eigenvalue weighted by atomic mass is 29.3. The molecule has 1 atom stereocenters. The molecule has 1 unspecified atom stereocenters. The maximum absolute atomic E-state index is 2.79. The minimum atomic E-state index is -1.98. The first-order valence-electron chi connectivity index (χ1n) is 11.0. The minimum Gasteiger partial charge on any atom is -0.306 e. The van der Waals surface area contributed by atoms with Crippen LogP contribution in [0.4, 0.5) is 0 Å². The van der Waals surface area contributed by atoms with Crippen LogP contribution in [0, 0.1) is 0 Å². The van der Waals surface area contributed by atoms with Gasteiger partial charge >= 0.3 is 0 Å². The first kappa shape index (κ1) is 20.3. The van der Waals surface area contributed by atoms with Gasteiger partial charge in [0.25, 0.3) is 0 Å². The Morgan fingerprint density at radius 1 is 0.586 bits per heavy atom. The molecule has 0 radical (unpaired) electrons. The van der Waals surface area contributed by atoms with Gasteiger partial charge in [-0.05, 0) is 32.1 Å². The molecule has 1 saturated heterocycles. The van der Waals surface area contributed by atoms with Crippen molar-refractivity contribution < 1.29 is 0 Å². The maximum atomic E-state index is 2.79. The van der Waals surface area contributed by atoms with Crippen LogP contribution in [-0.2, 0) is 0 Å². The van der Waals surface area contributed by atoms with E-state index in [1.807, 2.05) is 0 Å². The monoisotopic (exact) mass is 415 g/mol. The van der Waals surface area contributed by atoms with Gasteiger partial charge in [-0.25, -0.2) is 0 Å². The molecule has 1 aliphatic heterocycles. The van der Waals surface area contributed by atoms with E-state index in [0.29, 0.717) is 0 Å². The lowest BCUT2D eigenvalue weighted by Gasteiger charge is -2.47. The van der Waals surface area contributed by atoms with Gasteiger partial charge in [-0.1, -0.05) is 126 Å². The highest BCUT2D eigenvalue weighted by Crippen LogP contribution is 2.23. The van der Waals surface area contributed by atoms with Crippen molar-refractivity contribution in [1.82, 2.24) is 4.90 Å². The van der Waals surface area contributed by atoms with Crippen LogP contribution in [0.2, 0.25) is 13.1 Å². The molecule has 4 rings (SSSR count). The molecule has 3 aromatic rings. The quantitative estimate of drug-likeness (QED) is 0.551. The second-order valence-electron chi connectivity index (χ2n) is 8.89. The van der Waals surface area contributed by atoms with Gasteiger partial charge in [0.1, 0.15) is 15.2 Å². The molecular weight excluding hydrogens is 382 g/mol. The van der Waals surface area contributed by atoms with E-state index in [1.165, 1.54) is 38.5 Å². The lowest BCUT2D eigenvalue weighted by atomic mass is 10.1. The van der Waals surface area contributed by atoms with Crippen molar-refractivity contribution in [1.29, 1.82) is 0 Å². The van der Waals surface area contributed by atoms with Gasteiger partial charge in [-0.15, -0.1) is 0 Å². The molecule has 0 spiro atoms. The molecule has 1 fully saturated rings. The SMILES string of the molecule is C[Si](CN1CCCCC1)(c1ccccc1)[Si](C)(c1ccccc1)c1ccccc1. The van der Waals surface area contributed by atoms with Gasteiger partial charge in [0.15, 0.2) is 0 Å². The summed E-state index contributed by atoms with van der Waals surface area (Å²) in [5.74, 6) is 0. The zero-order valence-electron chi connectivity index (χ0n) is 17.9. The van der Waals surface area contributed by atoms with Crippen LogP contribution in [0.5, 0.6) is 0 Å². The Labute approximate surface area is 178 Å². The summed E-state index contributed by atoms with van der Waals surface area (Å²) in [5, 5.41) is 4.79. The van der Waals surface area contributed by atoms with Crippen molar-refractivity contribution in [2.24, 2.45) is 0 Å². The summed E-state index contributed by atoms with van der Waals surface area (Å²) in [6.45, 7) is 7.87. The molecule has 29 heavy (non-hydrogen) atoms. The predicted octanol–water partition coefficient (Wildman–Crippen LogP) is 3.97. The predicted molar refractivity (Wildman–Crippen MR) is 132 cm³/mol. The molecular formula is C26H33NSi2. The highest BCUT2D eigenvalue weighted by molar-refractivity contribution is 7.55. The first-order chi connectivity index (χ1) is 14.1. The summed E-state index contributed by atoms with van der Waals surface area (Å²) in [7, 11) is -3.87. The first-order valence-corrected chi connectivity index (χ1v) is 17.2. The molecule has 1 heterocycles. The van der Waals surface area contributed by atoms with Crippen LogP contribution in [0.1, 0.15) is 19.3 Å². The van der Waals surface area contributed by atoms with Gasteiger partial charge in [-0.3, -0.25) is 0 Å². The van der Waals surface area contributed by atoms with E-state index < -0.39 is 15.2 Å². The Balaban J connectivity index is 1.91. The summed E-state index contributed by atoms with van der Waals surface area (Å²) in [6.07, 6.45) is 5.37. The normalized spacial score (nSPS) is 17.6. The molecule has 0 amide bonds. The van der Waals surface area contributed by atoms with E-state index in [-0.39, 0.29) is 0 Å². The molecule has 0 saturated carbocycles. The van der Waals surface area contributed by atoms with Gasteiger partial charge in [-0.2, -0.15) is 0 Å². The van der Waals surface area contributed by atoms with Gasteiger partial charge in [0.2, 0.25) is 0 Å². The topological polar surface area (TPSA) is 3.24 Å². The van der Waals surface area contributed by atoms with E-state index in [4.69, 9.17) is 0 Å². The maximum Gasteiger partial charge on any atom is 0.114 e. The fourth-order valence-electron chi connectivity index (χ4n) is 5.26. The molecule has 0 N–H and O–H groups in total. The molecule has 1 nitrogen and oxygen atoms in total. The third kappa shape index (κ3) is 3.91. The molecule has 1 aliphatic rings. The Morgan fingerprint density at radius 3 is 1.45 bits per heavy atom. The zero-order valence-corrected chi connectivity index (χ0v) is 19.9. The Hall–Kier alpha value is -1.95. The number of benzene rings is 3. The largest absolute Gasteiger partial charge is 0.306 e. The van der Waals surface area contributed by atoms with E-state index in [9.17, 15) is 0 Å². The molecule has 0 aromatic heterocycles. The van der Waals surface area contributed by atoms with E-state index in [0.717, 1.165) is 0 Å². The van der Waals surface area contributed by atoms with Gasteiger partial charge in [0, 0.05) is 0 Å². The second kappa shape index (κ2) is 8.82. The van der Waals surface area contributed by atoms with Crippen molar-refractivity contribution in [3.8, 4) is 0 Å². The van der Waals surface area contributed by atoms with E-state index in [2.05, 4.69) is 109 Å². The van der Waals surface area contributed by atoms with Crippen LogP contribution in [0.3, 0.4) is 0 Å². The number of piperidine rings is 1. The van der Waals surface area contributed by atoms with Crippen molar-refractivity contribution in [2.45, 2.75) is 32.4 Å². The van der Waals surface area contributed by atoms with Crippen LogP contribution in [0.15, 0.2) is 91.0 Å². The Morgan fingerprint density at radius 2 is 1.00 bits per heavy atom. The summed E-state index contributed by atoms with van der Waals surface area (Å²) < 4.78 is 0. The fraction of sp³-hybridized carbons (Fsp3) is 0.308. The highest BCUT2D eigenvalue weighted by Gasteiger charge is 2.52. The molecule has 0 aliphatic carbocycles. The molecule has 0 bridgehead atoms. The van der Waals surface area contributed by atoms with Crippen molar-refractivity contribution >= 4 is 30.7 Å². The van der Waals surface area contributed by atoms with Crippen molar-refractivity contribution in [2.75, 3.05) is 19.3 Å². The molecule has 3 aromatic carbocycles. The van der Waals surface area contributed by atoms with Crippen LogP contribution in [0.25, 0.3) is 0 Å². The minimum absolute atomic E-state index is 1.27. The Bertz CT molecular complexity index is 852. The molecule has 150 valence electrons. The van der Waals surface area contributed by atoms with E-state index in [1.54, 1.807) is 15.6 Å². The number of likely N-dealkylation sites (tertiary alicyclic amines) is 1. The van der Waals surface area contributed by atoms with Crippen LogP contribution in [-0.4, -0.2) is 39.3 Å². The zero-order chi connectivity index (χ0) is 20.2. The van der Waals surface area contributed by atoms with E-state index >= 15 is 0 Å². The third-order valence-corrected chi connectivity index (χ3v) is 24.8. The van der Waals surface area contributed by atoms with Crippen LogP contribution < -0.4 is 15.6 Å². The summed E-state index contributed by atoms with van der Waals surface area (Å²) >= 11 is 0. The summed E-state index contributed by atoms with van der Waals surface area (Å²) in [4.78, 5) is 2.79. The lowest BCUT2D eigenvalue weighted by Crippen LogP contribution is -2.81. The van der Waals surface area contributed by atoms with Gasteiger partial charge < -0.3 is 4.90 Å². The average Bonchev–Trinajstić information content (AvgIpc) is 2.81. The number of hydrogen-bond donors (Lipinski definition) is 0. The molecule has 3 heteroatoms. The van der Waals surface area contributed by atoms with Crippen molar-refractivity contribution in [3.05, 3.63) is 91.0 Å². The summed E-state index contributed by atoms with van der Waals surface area (Å²) in [5.41, 5.74) is 0. The lowest BCUT2D eigenvalue weighted by molar-refractivity contribution is 0.260. The third-order valence-electron chi connectivity index (χ3n) is 7.21. The average molecular weight is 416 g/mol. The fourth-order valence-corrected chi connectivity index (χ4v) is 20.5. The smallest absolute Gasteiger partial charge is 0.114 e. The number of nitrogens with zero attached hydrogens (tertiary/aromatic N) is 1. The second-order valence-corrected chi connectivity index (χ2v) is 22.2. The summed E-state index contributed by atoms with van der Waals surface area (Å²) in [6, 6.07) is 34.4. The van der Waals surface area contributed by atoms with Crippen molar-refractivity contribution in [3.63, 3.8) is 0 Å². The number of rotatable bonds is 6. The van der Waals surface area contributed by atoms with Crippen LogP contribution >= 0.6 is 0 Å².